The van der Waals surface area contributed by atoms with E-state index in [9.17, 15) is 14.0 Å². The summed E-state index contributed by atoms with van der Waals surface area (Å²) in [6.07, 6.45) is 0.319. The normalized spacial score (nSPS) is 12.5. The summed E-state index contributed by atoms with van der Waals surface area (Å²) in [6.45, 7) is 7.20. The predicted molar refractivity (Wildman–Crippen MR) is 139 cm³/mol. The first-order valence-electron chi connectivity index (χ1n) is 11.6. The number of ether oxygens (including phenoxy) is 1. The number of amides is 2. The van der Waals surface area contributed by atoms with Crippen molar-refractivity contribution in [1.29, 1.82) is 0 Å². The first-order valence-corrected chi connectivity index (χ1v) is 12.6. The van der Waals surface area contributed by atoms with Crippen LogP contribution in [-0.2, 0) is 16.1 Å². The molecule has 0 radical (unpaired) electrons. The second-order valence-corrected chi connectivity index (χ2v) is 9.55. The van der Waals surface area contributed by atoms with E-state index in [0.29, 0.717) is 28.6 Å². The van der Waals surface area contributed by atoms with Crippen LogP contribution in [0, 0.1) is 19.7 Å². The third-order valence-corrected chi connectivity index (χ3v) is 6.83. The molecule has 190 valence electrons. The molecule has 2 amide bonds. The Kier molecular flexibility index (Phi) is 9.03. The van der Waals surface area contributed by atoms with E-state index in [2.05, 4.69) is 15.3 Å². The van der Waals surface area contributed by atoms with Gasteiger partial charge in [0.15, 0.2) is 5.16 Å². The van der Waals surface area contributed by atoms with Crippen molar-refractivity contribution in [2.75, 3.05) is 18.2 Å². The van der Waals surface area contributed by atoms with Crippen molar-refractivity contribution in [3.63, 3.8) is 0 Å². The molecule has 36 heavy (non-hydrogen) atoms. The summed E-state index contributed by atoms with van der Waals surface area (Å²) in [4.78, 5) is 37.3. The highest BCUT2D eigenvalue weighted by Gasteiger charge is 2.41. The third-order valence-electron chi connectivity index (χ3n) is 6.00. The Labute approximate surface area is 215 Å². The SMILES string of the molecule is CCC(C)(C(=O)Nc1ccc(OC)cc1)N(Cc1ccccc1F)C(=O)CSc1nc(C)cc(C)n1. The van der Waals surface area contributed by atoms with Crippen molar-refractivity contribution in [1.82, 2.24) is 14.9 Å². The molecule has 0 spiro atoms. The van der Waals surface area contributed by atoms with Crippen LogP contribution in [0.2, 0.25) is 0 Å². The average molecular weight is 511 g/mol. The first-order chi connectivity index (χ1) is 17.2. The van der Waals surface area contributed by atoms with Gasteiger partial charge >= 0.3 is 0 Å². The monoisotopic (exact) mass is 510 g/mol. The van der Waals surface area contributed by atoms with Gasteiger partial charge in [-0.05, 0) is 63.6 Å². The van der Waals surface area contributed by atoms with Gasteiger partial charge in [-0.2, -0.15) is 0 Å². The van der Waals surface area contributed by atoms with E-state index in [0.717, 1.165) is 11.4 Å². The van der Waals surface area contributed by atoms with Crippen LogP contribution < -0.4 is 10.1 Å². The van der Waals surface area contributed by atoms with E-state index in [1.54, 1.807) is 56.5 Å². The number of hydrogen-bond acceptors (Lipinski definition) is 6. The fourth-order valence-electron chi connectivity index (χ4n) is 3.71. The van der Waals surface area contributed by atoms with Crippen molar-refractivity contribution in [3.8, 4) is 5.75 Å². The van der Waals surface area contributed by atoms with Crippen LogP contribution in [0.3, 0.4) is 0 Å². The molecule has 1 unspecified atom stereocenters. The molecule has 3 rings (SSSR count). The minimum atomic E-state index is -1.25. The molecule has 3 aromatic rings. The number of carbonyl (C=O) groups is 2. The molecule has 0 aliphatic rings. The predicted octanol–water partition coefficient (Wildman–Crippen LogP) is 5.17. The van der Waals surface area contributed by atoms with E-state index in [-0.39, 0.29) is 24.1 Å². The lowest BCUT2D eigenvalue weighted by molar-refractivity contribution is -0.143. The Morgan fingerprint density at radius 2 is 1.72 bits per heavy atom. The molecule has 0 aliphatic heterocycles. The van der Waals surface area contributed by atoms with Crippen molar-refractivity contribution in [3.05, 3.63) is 77.4 Å². The van der Waals surface area contributed by atoms with Crippen LogP contribution in [0.5, 0.6) is 5.75 Å². The van der Waals surface area contributed by atoms with Gasteiger partial charge in [0.2, 0.25) is 11.8 Å². The van der Waals surface area contributed by atoms with Gasteiger partial charge in [0, 0.05) is 29.2 Å². The van der Waals surface area contributed by atoms with Gasteiger partial charge in [0.1, 0.15) is 17.1 Å². The zero-order valence-corrected chi connectivity index (χ0v) is 22.0. The maximum absolute atomic E-state index is 14.6. The van der Waals surface area contributed by atoms with E-state index >= 15 is 0 Å². The zero-order valence-electron chi connectivity index (χ0n) is 21.2. The molecule has 7 nitrogen and oxygen atoms in total. The summed E-state index contributed by atoms with van der Waals surface area (Å²) in [5.74, 6) is -0.460. The van der Waals surface area contributed by atoms with E-state index in [4.69, 9.17) is 4.74 Å². The van der Waals surface area contributed by atoms with Crippen LogP contribution in [0.15, 0.2) is 59.8 Å². The lowest BCUT2D eigenvalue weighted by Crippen LogP contribution is -2.57. The number of benzene rings is 2. The zero-order chi connectivity index (χ0) is 26.3. The van der Waals surface area contributed by atoms with Gasteiger partial charge in [-0.3, -0.25) is 9.59 Å². The Balaban J connectivity index is 1.89. The minimum Gasteiger partial charge on any atom is -0.497 e. The topological polar surface area (TPSA) is 84.4 Å². The molecule has 0 fully saturated rings. The largest absolute Gasteiger partial charge is 0.497 e. The Bertz CT molecular complexity index is 1200. The number of aromatic nitrogens is 2. The molecule has 1 atom stereocenters. The Hall–Kier alpha value is -3.46. The molecular weight excluding hydrogens is 479 g/mol. The van der Waals surface area contributed by atoms with E-state index in [1.165, 1.54) is 22.7 Å². The molecule has 1 heterocycles. The summed E-state index contributed by atoms with van der Waals surface area (Å²) < 4.78 is 19.8. The number of nitrogens with zero attached hydrogens (tertiary/aromatic N) is 3. The number of hydrogen-bond donors (Lipinski definition) is 1. The quantitative estimate of drug-likeness (QED) is 0.299. The van der Waals surface area contributed by atoms with Gasteiger partial charge in [0.05, 0.1) is 12.9 Å². The lowest BCUT2D eigenvalue weighted by atomic mass is 9.93. The van der Waals surface area contributed by atoms with Gasteiger partial charge < -0.3 is 15.0 Å². The fraction of sp³-hybridized carbons (Fsp3) is 0.333. The number of carbonyl (C=O) groups excluding carboxylic acids is 2. The highest BCUT2D eigenvalue weighted by atomic mass is 32.2. The highest BCUT2D eigenvalue weighted by molar-refractivity contribution is 7.99. The number of methoxy groups -OCH3 is 1. The van der Waals surface area contributed by atoms with Crippen molar-refractivity contribution in [2.45, 2.75) is 51.4 Å². The van der Waals surface area contributed by atoms with E-state index < -0.39 is 11.4 Å². The maximum Gasteiger partial charge on any atom is 0.250 e. The lowest BCUT2D eigenvalue weighted by Gasteiger charge is -2.39. The second-order valence-electron chi connectivity index (χ2n) is 8.60. The molecule has 1 N–H and O–H groups in total. The van der Waals surface area contributed by atoms with Crippen molar-refractivity contribution >= 4 is 29.3 Å². The molecule has 0 saturated heterocycles. The van der Waals surface area contributed by atoms with Crippen LogP contribution in [0.4, 0.5) is 10.1 Å². The van der Waals surface area contributed by atoms with Gasteiger partial charge in [-0.25, -0.2) is 14.4 Å². The van der Waals surface area contributed by atoms with Crippen LogP contribution in [0.25, 0.3) is 0 Å². The Morgan fingerprint density at radius 1 is 1.08 bits per heavy atom. The molecule has 0 saturated carbocycles. The summed E-state index contributed by atoms with van der Waals surface area (Å²) in [5.41, 5.74) is 1.26. The summed E-state index contributed by atoms with van der Waals surface area (Å²) in [5, 5.41) is 3.37. The van der Waals surface area contributed by atoms with E-state index in [1.807, 2.05) is 26.8 Å². The number of thioether (sulfide) groups is 1. The summed E-state index contributed by atoms with van der Waals surface area (Å²) in [6, 6.07) is 15.0. The van der Waals surface area contributed by atoms with Crippen LogP contribution >= 0.6 is 11.8 Å². The maximum atomic E-state index is 14.6. The molecular formula is C27H31FN4O3S. The molecule has 9 heteroatoms. The fourth-order valence-corrected chi connectivity index (χ4v) is 4.54. The number of rotatable bonds is 10. The standard InChI is InChI=1S/C27H31FN4O3S/c1-6-27(4,25(34)31-21-11-13-22(35-5)14-12-21)32(16-20-9-7-8-10-23(20)28)24(33)17-36-26-29-18(2)15-19(3)30-26/h7-15H,6,16-17H2,1-5H3,(H,31,34). The van der Waals surface area contributed by atoms with Gasteiger partial charge in [-0.15, -0.1) is 0 Å². The minimum absolute atomic E-state index is 0.00273. The number of nitrogens with one attached hydrogen (secondary N) is 1. The number of halogens is 1. The Morgan fingerprint density at radius 3 is 2.31 bits per heavy atom. The van der Waals surface area contributed by atoms with Crippen molar-refractivity contribution in [2.24, 2.45) is 0 Å². The molecule has 1 aromatic heterocycles. The summed E-state index contributed by atoms with van der Waals surface area (Å²) >= 11 is 1.19. The van der Waals surface area contributed by atoms with Crippen LogP contribution in [-0.4, -0.2) is 45.1 Å². The third kappa shape index (κ3) is 6.60. The number of anilines is 1. The molecule has 2 aromatic carbocycles. The first kappa shape index (κ1) is 27.1. The molecule has 0 bridgehead atoms. The van der Waals surface area contributed by atoms with Crippen LogP contribution in [0.1, 0.15) is 37.2 Å². The second kappa shape index (κ2) is 12.0. The number of aryl methyl sites for hydroxylation is 2. The van der Waals surface area contributed by atoms with Gasteiger partial charge in [-0.1, -0.05) is 36.9 Å². The molecule has 0 aliphatic carbocycles. The summed E-state index contributed by atoms with van der Waals surface area (Å²) in [7, 11) is 1.56. The average Bonchev–Trinajstić information content (AvgIpc) is 2.86. The smallest absolute Gasteiger partial charge is 0.250 e. The highest BCUT2D eigenvalue weighted by Crippen LogP contribution is 2.28. The van der Waals surface area contributed by atoms with Crippen molar-refractivity contribution < 1.29 is 18.7 Å². The van der Waals surface area contributed by atoms with Gasteiger partial charge in [0.25, 0.3) is 0 Å².